The Kier molecular flexibility index (Phi) is 4.21. The zero-order valence-electron chi connectivity index (χ0n) is 13.0. The van der Waals surface area contributed by atoms with Crippen molar-refractivity contribution in [2.24, 2.45) is 0 Å². The number of carbonyl (C=O) groups is 1. The molecule has 1 amide bonds. The van der Waals surface area contributed by atoms with E-state index in [-0.39, 0.29) is 0 Å². The van der Waals surface area contributed by atoms with Gasteiger partial charge in [-0.25, -0.2) is 35.7 Å². The number of aliphatic hydroxyl groups excluding tert-OH is 1. The van der Waals surface area contributed by atoms with Crippen molar-refractivity contribution in [1.29, 1.82) is 0 Å². The van der Waals surface area contributed by atoms with Crippen LogP contribution in [0, 0.1) is 5.82 Å². The first-order chi connectivity index (χ1) is 11.9. The van der Waals surface area contributed by atoms with E-state index in [0.717, 1.165) is 0 Å². The van der Waals surface area contributed by atoms with Crippen LogP contribution in [0.3, 0.4) is 0 Å². The lowest BCUT2D eigenvalue weighted by Crippen LogP contribution is -2.53. The van der Waals surface area contributed by atoms with E-state index in [1.54, 1.807) is 0 Å². The lowest BCUT2D eigenvalue weighted by Gasteiger charge is -2.36. The molecule has 2 atom stereocenters. The monoisotopic (exact) mass is 386 g/mol. The Balaban J connectivity index is 2.02. The Labute approximate surface area is 142 Å². The normalized spacial score (nSPS) is 29.7. The van der Waals surface area contributed by atoms with Crippen LogP contribution in [0.4, 0.5) is 30.7 Å². The first-order valence-corrected chi connectivity index (χ1v) is 7.60. The van der Waals surface area contributed by atoms with Crippen molar-refractivity contribution >= 4 is 5.91 Å². The Hall–Kier alpha value is -1.91. The summed E-state index contributed by atoms with van der Waals surface area (Å²) in [5.41, 5.74) is -4.39. The van der Waals surface area contributed by atoms with Crippen molar-refractivity contribution in [2.75, 3.05) is 6.54 Å². The number of aliphatic hydroxyl groups is 1. The molecular formula is C15H13F7N2O2. The Morgan fingerprint density at radius 2 is 1.88 bits per heavy atom. The van der Waals surface area contributed by atoms with Crippen molar-refractivity contribution in [3.8, 4) is 0 Å². The first-order valence-electron chi connectivity index (χ1n) is 7.60. The van der Waals surface area contributed by atoms with Gasteiger partial charge in [-0.2, -0.15) is 0 Å². The summed E-state index contributed by atoms with van der Waals surface area (Å²) in [6.07, 6.45) is -8.50. The van der Waals surface area contributed by atoms with Gasteiger partial charge in [0.1, 0.15) is 17.5 Å². The third-order valence-electron chi connectivity index (χ3n) is 4.85. The van der Waals surface area contributed by atoms with Crippen molar-refractivity contribution in [3.05, 3.63) is 29.3 Å². The summed E-state index contributed by atoms with van der Waals surface area (Å²) >= 11 is 0. The van der Waals surface area contributed by atoms with Crippen LogP contribution < -0.4 is 0 Å². The molecule has 3 rings (SSSR count). The molecule has 1 saturated carbocycles. The van der Waals surface area contributed by atoms with Gasteiger partial charge in [0.2, 0.25) is 0 Å². The maximum Gasteiger partial charge on any atom is 0.292 e. The van der Waals surface area contributed by atoms with Gasteiger partial charge < -0.3 is 10.0 Å². The van der Waals surface area contributed by atoms with E-state index in [4.69, 9.17) is 0 Å². The molecule has 1 aliphatic heterocycles. The lowest BCUT2D eigenvalue weighted by molar-refractivity contribution is -0.102. The number of carbonyl (C=O) groups excluding carboxylic acids is 1. The molecule has 1 saturated heterocycles. The minimum atomic E-state index is -3.86. The molecule has 11 heteroatoms. The number of alkyl halides is 6. The van der Waals surface area contributed by atoms with Gasteiger partial charge in [0.15, 0.2) is 5.82 Å². The summed E-state index contributed by atoms with van der Waals surface area (Å²) in [5, 5.41) is 9.91. The van der Waals surface area contributed by atoms with Crippen LogP contribution in [-0.2, 0) is 0 Å². The largest absolute Gasteiger partial charge is 0.384 e. The first kappa shape index (κ1) is 18.9. The molecule has 4 nitrogen and oxygen atoms in total. The van der Waals surface area contributed by atoms with Gasteiger partial charge >= 0.3 is 0 Å². The zero-order valence-corrected chi connectivity index (χ0v) is 13.0. The number of halogens is 7. The van der Waals surface area contributed by atoms with Gasteiger partial charge in [-0.15, -0.1) is 0 Å². The number of pyridine rings is 1. The zero-order chi connectivity index (χ0) is 19.5. The molecule has 0 unspecified atom stereocenters. The maximum atomic E-state index is 14.0. The van der Waals surface area contributed by atoms with E-state index in [0.29, 0.717) is 17.0 Å². The summed E-state index contributed by atoms with van der Waals surface area (Å²) in [7, 11) is 0. The summed E-state index contributed by atoms with van der Waals surface area (Å²) in [6.45, 7) is -1.37. The Morgan fingerprint density at radius 3 is 2.42 bits per heavy atom. The van der Waals surface area contributed by atoms with E-state index in [1.807, 2.05) is 0 Å². The highest BCUT2D eigenvalue weighted by molar-refractivity contribution is 5.93. The molecule has 2 fully saturated rings. The molecule has 1 aliphatic carbocycles. The minimum absolute atomic E-state index is 0.355. The molecule has 1 spiro atoms. The number of likely N-dealkylation sites (tertiary alicyclic amines) is 1. The SMILES string of the molecule is O=C(c1ccc(F)c(C(F)F)n1)N1CC(F)(F)[C@@H](O)[C@@]12CCC(F)(F)C2. The van der Waals surface area contributed by atoms with Crippen LogP contribution in [0.1, 0.15) is 41.9 Å². The van der Waals surface area contributed by atoms with Gasteiger partial charge in [0.05, 0.1) is 12.1 Å². The summed E-state index contributed by atoms with van der Waals surface area (Å²) in [6, 6.07) is 1.22. The maximum absolute atomic E-state index is 14.0. The van der Waals surface area contributed by atoms with E-state index < -0.39 is 78.8 Å². The minimum Gasteiger partial charge on any atom is -0.384 e. The van der Waals surface area contributed by atoms with Crippen LogP contribution in [0.25, 0.3) is 0 Å². The highest BCUT2D eigenvalue weighted by Crippen LogP contribution is 2.54. The number of hydrogen-bond acceptors (Lipinski definition) is 3. The van der Waals surface area contributed by atoms with Gasteiger partial charge in [-0.3, -0.25) is 4.79 Å². The van der Waals surface area contributed by atoms with Crippen molar-refractivity contribution in [1.82, 2.24) is 9.88 Å². The fourth-order valence-corrected chi connectivity index (χ4v) is 3.63. The number of aromatic nitrogens is 1. The van der Waals surface area contributed by atoms with Gasteiger partial charge in [0, 0.05) is 12.8 Å². The number of amides is 1. The molecule has 0 aromatic carbocycles. The molecule has 0 radical (unpaired) electrons. The van der Waals surface area contributed by atoms with Crippen LogP contribution in [0.5, 0.6) is 0 Å². The highest BCUT2D eigenvalue weighted by atomic mass is 19.3. The average molecular weight is 386 g/mol. The smallest absolute Gasteiger partial charge is 0.292 e. The van der Waals surface area contributed by atoms with E-state index in [2.05, 4.69) is 4.98 Å². The number of hydrogen-bond donors (Lipinski definition) is 1. The van der Waals surface area contributed by atoms with Crippen LogP contribution in [0.15, 0.2) is 12.1 Å². The van der Waals surface area contributed by atoms with Crippen molar-refractivity contribution < 1.29 is 40.6 Å². The van der Waals surface area contributed by atoms with E-state index >= 15 is 0 Å². The fourth-order valence-electron chi connectivity index (χ4n) is 3.63. The average Bonchev–Trinajstić information content (AvgIpc) is 2.96. The Bertz CT molecular complexity index is 743. The molecule has 26 heavy (non-hydrogen) atoms. The third kappa shape index (κ3) is 2.81. The van der Waals surface area contributed by atoms with E-state index in [9.17, 15) is 40.6 Å². The summed E-state index contributed by atoms with van der Waals surface area (Å²) < 4.78 is 94.1. The van der Waals surface area contributed by atoms with Crippen LogP contribution in [0.2, 0.25) is 0 Å². The van der Waals surface area contributed by atoms with Crippen molar-refractivity contribution in [2.45, 2.75) is 49.2 Å². The van der Waals surface area contributed by atoms with E-state index in [1.165, 1.54) is 0 Å². The number of nitrogens with zero attached hydrogens (tertiary/aromatic N) is 2. The standard InChI is InChI=1S/C15H13F7N2O2/c16-7-1-2-8(23-9(7)10(17)18)11(25)24-6-15(21,22)12(26)13(24)3-4-14(19,20)5-13/h1-2,10,12,26H,3-6H2/t12-,13-/m0/s1. The molecule has 1 aromatic heterocycles. The van der Waals surface area contributed by atoms with Gasteiger partial charge in [-0.1, -0.05) is 0 Å². The number of rotatable bonds is 2. The molecular weight excluding hydrogens is 373 g/mol. The predicted octanol–water partition coefficient (Wildman–Crippen LogP) is 3.17. The second-order valence-corrected chi connectivity index (χ2v) is 6.56. The quantitative estimate of drug-likeness (QED) is 0.795. The molecule has 2 aliphatic rings. The summed E-state index contributed by atoms with van der Waals surface area (Å²) in [5.74, 6) is -9.97. The van der Waals surface area contributed by atoms with Crippen LogP contribution >= 0.6 is 0 Å². The lowest BCUT2D eigenvalue weighted by atomic mass is 9.89. The van der Waals surface area contributed by atoms with Crippen LogP contribution in [-0.4, -0.2) is 50.9 Å². The molecule has 1 aromatic rings. The summed E-state index contributed by atoms with van der Waals surface area (Å²) in [4.78, 5) is 16.1. The van der Waals surface area contributed by atoms with Crippen molar-refractivity contribution in [3.63, 3.8) is 0 Å². The molecule has 0 bridgehead atoms. The predicted molar refractivity (Wildman–Crippen MR) is 72.7 cm³/mol. The second kappa shape index (κ2) is 5.80. The molecule has 1 N–H and O–H groups in total. The fraction of sp³-hybridized carbons (Fsp3) is 0.600. The second-order valence-electron chi connectivity index (χ2n) is 6.56. The van der Waals surface area contributed by atoms with Gasteiger partial charge in [-0.05, 0) is 18.6 Å². The third-order valence-corrected chi connectivity index (χ3v) is 4.85. The topological polar surface area (TPSA) is 53.4 Å². The highest BCUT2D eigenvalue weighted by Gasteiger charge is 2.69. The molecule has 144 valence electrons. The van der Waals surface area contributed by atoms with Gasteiger partial charge in [0.25, 0.3) is 24.2 Å². The Morgan fingerprint density at radius 1 is 1.23 bits per heavy atom. The molecule has 2 heterocycles.